The maximum Gasteiger partial charge on any atom is 0.354 e. The first kappa shape index (κ1) is 88.8. The number of pyridine rings is 7. The fourth-order valence-corrected chi connectivity index (χ4v) is 8.01. The van der Waals surface area contributed by atoms with Gasteiger partial charge < -0.3 is 35.3 Å². The number of carbonyl (C=O) groups is 3. The number of hydrogen-bond donors (Lipinski definition) is 3. The number of para-hydroxylation sites is 1. The van der Waals surface area contributed by atoms with Crippen LogP contribution in [0.15, 0.2) is 285 Å². The Bertz CT molecular complexity index is 4400. The number of aliphatic hydroxyl groups excluding tert-OH is 2. The van der Waals surface area contributed by atoms with Crippen molar-refractivity contribution in [3.8, 4) is 56.3 Å². The predicted molar refractivity (Wildman–Crippen MR) is 361 cm³/mol. The Morgan fingerprint density at radius 1 is 0.400 bits per heavy atom. The Kier molecular flexibility index (Phi) is 43.8. The number of halogens is 4. The number of aromatic carboxylic acids is 1. The van der Waals surface area contributed by atoms with Crippen LogP contribution in [0.25, 0.3) is 78.0 Å². The molecule has 100 heavy (non-hydrogen) atoms. The zero-order valence-electron chi connectivity index (χ0n) is 53.4. The zero-order chi connectivity index (χ0) is 68.2. The van der Waals surface area contributed by atoms with Crippen LogP contribution in [0.1, 0.15) is 38.2 Å². The molecule has 0 saturated carbocycles. The minimum atomic E-state index is -0.990. The summed E-state index contributed by atoms with van der Waals surface area (Å²) in [5.41, 5.74) is 8.26. The van der Waals surface area contributed by atoms with Crippen LogP contribution in [0.3, 0.4) is 0 Å². The van der Waals surface area contributed by atoms with Crippen molar-refractivity contribution < 1.29 is 148 Å². The molecule has 22 heteroatoms. The zero-order valence-corrected chi connectivity index (χ0v) is 65.3. The third-order valence-corrected chi connectivity index (χ3v) is 12.0. The van der Waals surface area contributed by atoms with E-state index in [1.165, 1.54) is 74.5 Å². The van der Waals surface area contributed by atoms with Crippen molar-refractivity contribution in [2.45, 2.75) is 27.7 Å². The largest absolute Gasteiger partial charge is 0.512 e. The third-order valence-electron chi connectivity index (χ3n) is 12.0. The molecule has 6 aromatic carbocycles. The van der Waals surface area contributed by atoms with Gasteiger partial charge in [0.2, 0.25) is 0 Å². The van der Waals surface area contributed by atoms with E-state index in [9.17, 15) is 31.9 Å². The molecule has 3 N–H and O–H groups in total. The van der Waals surface area contributed by atoms with Gasteiger partial charge in [-0.1, -0.05) is 120 Å². The smallest absolute Gasteiger partial charge is 0.354 e. The van der Waals surface area contributed by atoms with Gasteiger partial charge in [-0.2, -0.15) is 0 Å². The molecule has 13 nitrogen and oxygen atoms in total. The molecule has 0 amide bonds. The fourth-order valence-electron chi connectivity index (χ4n) is 8.01. The molecular weight excluding hydrogens is 2170 g/mol. The van der Waals surface area contributed by atoms with Crippen molar-refractivity contribution >= 4 is 39.2 Å². The number of carboxylic acids is 1. The number of fused-ring (bicyclic) bond motifs is 2. The molecule has 13 aromatic rings. The molecular formula is C78H60F4Ir5N7O6-5. The second kappa shape index (κ2) is 49.3. The molecule has 13 rings (SSSR count). The number of benzene rings is 6. The van der Waals surface area contributed by atoms with Crippen molar-refractivity contribution in [3.05, 3.63) is 345 Å². The normalized spacial score (nSPS) is 9.76. The first-order chi connectivity index (χ1) is 45.9. The van der Waals surface area contributed by atoms with Gasteiger partial charge in [-0.25, -0.2) is 18.6 Å². The van der Waals surface area contributed by atoms with Crippen LogP contribution >= 0.6 is 0 Å². The molecule has 5 radical (unpaired) electrons. The number of allylic oxidation sites excluding steroid dienone is 4. The molecule has 0 aliphatic carbocycles. The molecule has 0 bridgehead atoms. The average Bonchev–Trinajstić information content (AvgIpc) is 0.814. The Balaban J connectivity index is 0.000000577. The molecule has 0 atom stereocenters. The Morgan fingerprint density at radius 3 is 1.31 bits per heavy atom. The van der Waals surface area contributed by atoms with Crippen molar-refractivity contribution in [1.82, 2.24) is 34.9 Å². The van der Waals surface area contributed by atoms with Gasteiger partial charge in [-0.15, -0.1) is 126 Å². The van der Waals surface area contributed by atoms with Crippen LogP contribution in [0, 0.1) is 53.9 Å². The topological polar surface area (TPSA) is 202 Å². The summed E-state index contributed by atoms with van der Waals surface area (Å²) in [5, 5.41) is 28.6. The number of hydrogen-bond acceptors (Lipinski definition) is 12. The summed E-state index contributed by atoms with van der Waals surface area (Å²) in [6.45, 7) is 5.70. The minimum Gasteiger partial charge on any atom is -0.512 e. The van der Waals surface area contributed by atoms with E-state index in [-0.39, 0.29) is 140 Å². The van der Waals surface area contributed by atoms with Gasteiger partial charge in [-0.3, -0.25) is 28.3 Å². The molecule has 0 unspecified atom stereocenters. The molecule has 0 saturated heterocycles. The van der Waals surface area contributed by atoms with Gasteiger partial charge in [0.1, 0.15) is 17.6 Å². The van der Waals surface area contributed by atoms with Gasteiger partial charge in [-0.05, 0) is 115 Å². The molecule has 0 spiro atoms. The number of rotatable bonds is 8. The van der Waals surface area contributed by atoms with E-state index >= 15 is 0 Å². The summed E-state index contributed by atoms with van der Waals surface area (Å²) >= 11 is 0. The number of carbonyl (C=O) groups excluding carboxylic acids is 2. The van der Waals surface area contributed by atoms with Gasteiger partial charge in [0.15, 0.2) is 11.6 Å². The molecule has 0 fully saturated rings. The minimum absolute atomic E-state index is 0. The van der Waals surface area contributed by atoms with Crippen LogP contribution in [-0.2, 0) is 110 Å². The Hall–Kier alpha value is -9.25. The maximum atomic E-state index is 13.2. The predicted octanol–water partition coefficient (Wildman–Crippen LogP) is 17.8. The Morgan fingerprint density at radius 2 is 0.860 bits per heavy atom. The number of aromatic nitrogens is 7. The summed E-state index contributed by atoms with van der Waals surface area (Å²) in [6, 6.07) is 84.3. The SMILES string of the molecule is CC(=O)C=C(C)O.CC(=O)C=C(C)O.Fc1c[c-]c(-c2ccccn2)c(F)c1.Fc1c[c-]c(-c2ccccn2)c(F)n1.O=C(O)c1ccccn1.[Ir].[Ir].[Ir].[Ir].[Ir].[c-]1ccccc1-c1ccc2ccccc2n1.[c-]1ccccc1-c1ccccn1.[c-]1ccccc1-c1nccc2ccccc12. The number of carboxylic acid groups (broad SMARTS) is 1. The number of nitrogens with zero attached hydrogens (tertiary/aromatic N) is 7. The van der Waals surface area contributed by atoms with Crippen molar-refractivity contribution in [1.29, 1.82) is 0 Å². The standard InChI is InChI=1S/2C15H10N.C11H6F2N.C11H8N.C10H5F2N2.C6H5NO2.2C5H8O2.5Ir/c1-2-7-13(8-3-1)15-14-9-5-4-6-12(14)10-11-16-15;1-2-6-12(7-3-1)15-11-10-13-8-4-5-9-14(13)16-15;12-8-4-5-9(10(13)7-8)11-3-1-2-6-14-11;1-2-6-10(7-3-1)11-8-4-5-9-12-11;11-9-5-4-7(10(12)14-9)8-3-1-2-6-13-8;8-6(9)5-3-1-2-4-7-5;2*1-4(6)3-5(2)7;;;;;/h1-7,9-11H;1-6,8-11H;1-4,6-7H;1-6,8-9H;1-3,5-6H;1-4H,(H,8,9);2*3,6H,1-2H3;;;;;/q5*-1;;;;;;;;. The van der Waals surface area contributed by atoms with Crippen molar-refractivity contribution in [2.75, 3.05) is 0 Å². The van der Waals surface area contributed by atoms with Crippen molar-refractivity contribution in [3.63, 3.8) is 0 Å². The van der Waals surface area contributed by atoms with E-state index in [1.807, 2.05) is 140 Å². The average molecular weight is 2230 g/mol. The third kappa shape index (κ3) is 32.2. The van der Waals surface area contributed by atoms with Crippen LogP contribution in [-0.4, -0.2) is 67.7 Å². The molecule has 0 aliphatic heterocycles. The second-order valence-electron chi connectivity index (χ2n) is 19.5. The molecule has 0 aliphatic rings. The second-order valence-corrected chi connectivity index (χ2v) is 19.5. The number of ketones is 2. The van der Waals surface area contributed by atoms with E-state index in [4.69, 9.17) is 15.3 Å². The van der Waals surface area contributed by atoms with Crippen LogP contribution < -0.4 is 0 Å². The summed E-state index contributed by atoms with van der Waals surface area (Å²) < 4.78 is 51.4. The van der Waals surface area contributed by atoms with Gasteiger partial charge in [0.25, 0.3) is 0 Å². The van der Waals surface area contributed by atoms with Crippen molar-refractivity contribution in [2.24, 2.45) is 0 Å². The summed E-state index contributed by atoms with van der Waals surface area (Å²) in [5.74, 6) is -4.19. The first-order valence-electron chi connectivity index (χ1n) is 28.8. The van der Waals surface area contributed by atoms with Crippen LogP contribution in [0.2, 0.25) is 0 Å². The molecule has 7 aromatic heterocycles. The van der Waals surface area contributed by atoms with E-state index in [0.717, 1.165) is 57.5 Å². The first-order valence-corrected chi connectivity index (χ1v) is 28.8. The summed E-state index contributed by atoms with van der Waals surface area (Å²) in [4.78, 5) is 57.9. The quantitative estimate of drug-likeness (QED) is 0.0427. The van der Waals surface area contributed by atoms with E-state index in [0.29, 0.717) is 11.4 Å². The number of aliphatic hydroxyl groups is 2. The molecule has 7 heterocycles. The van der Waals surface area contributed by atoms with Gasteiger partial charge in [0, 0.05) is 155 Å². The summed E-state index contributed by atoms with van der Waals surface area (Å²) in [7, 11) is 0. The van der Waals surface area contributed by atoms with Crippen LogP contribution in [0.5, 0.6) is 0 Å². The van der Waals surface area contributed by atoms with Gasteiger partial charge in [0.05, 0.1) is 17.0 Å². The summed E-state index contributed by atoms with van der Waals surface area (Å²) in [6.07, 6.45) is 10.5. The van der Waals surface area contributed by atoms with E-state index < -0.39 is 29.5 Å². The Labute approximate surface area is 645 Å². The van der Waals surface area contributed by atoms with Crippen LogP contribution in [0.4, 0.5) is 17.6 Å². The monoisotopic (exact) mass is 2230 g/mol. The fraction of sp³-hybridized carbons (Fsp3) is 0.0513. The van der Waals surface area contributed by atoms with E-state index in [1.54, 1.807) is 60.9 Å². The maximum absolute atomic E-state index is 13.2. The van der Waals surface area contributed by atoms with Gasteiger partial charge >= 0.3 is 5.97 Å². The van der Waals surface area contributed by atoms with E-state index in [2.05, 4.69) is 89.5 Å². The molecule has 521 valence electrons.